The number of anilines is 2. The fraction of sp³-hybridized carbons (Fsp3) is 0.429. The molecule has 1 heteroatoms. The van der Waals surface area contributed by atoms with Crippen molar-refractivity contribution in [2.24, 2.45) is 0 Å². The molecule has 1 nitrogen and oxygen atoms in total. The molecule has 1 aliphatic heterocycles. The Morgan fingerprint density at radius 1 is 0.727 bits per heavy atom. The van der Waals surface area contributed by atoms with Crippen LogP contribution in [0.3, 0.4) is 0 Å². The van der Waals surface area contributed by atoms with Crippen LogP contribution in [0, 0.1) is 0 Å². The van der Waals surface area contributed by atoms with Gasteiger partial charge in [-0.25, -0.2) is 0 Å². The van der Waals surface area contributed by atoms with Crippen molar-refractivity contribution in [2.45, 2.75) is 58.8 Å². The van der Waals surface area contributed by atoms with E-state index in [2.05, 4.69) is 83.3 Å². The molecule has 0 unspecified atom stereocenters. The lowest BCUT2D eigenvalue weighted by Gasteiger charge is -2.33. The van der Waals surface area contributed by atoms with Gasteiger partial charge in [-0.3, -0.25) is 0 Å². The van der Waals surface area contributed by atoms with Crippen LogP contribution >= 0.6 is 0 Å². The molecule has 0 saturated heterocycles. The van der Waals surface area contributed by atoms with Gasteiger partial charge in [-0.1, -0.05) is 65.8 Å². The molecule has 2 aromatic carbocycles. The fourth-order valence-electron chi connectivity index (χ4n) is 3.29. The molecule has 1 N–H and O–H groups in total. The van der Waals surface area contributed by atoms with Crippen LogP contribution in [0.25, 0.3) is 0 Å². The molecular formula is C21H27N. The standard InChI is InChI=1S/C21H27N/c1-20(2,3)16-12-15-11-14-9-7-8-10-18(14)22-19(15)13-17(16)21(4,5)6/h7-10,12-13,22H,11H2,1-6H3. The Bertz CT molecular complexity index is 650. The molecule has 3 rings (SSSR count). The zero-order valence-electron chi connectivity index (χ0n) is 14.7. The van der Waals surface area contributed by atoms with Crippen LogP contribution in [0.4, 0.5) is 11.4 Å². The minimum atomic E-state index is 0.149. The highest BCUT2D eigenvalue weighted by atomic mass is 14.9. The van der Waals surface area contributed by atoms with Crippen molar-refractivity contribution in [1.29, 1.82) is 0 Å². The van der Waals surface area contributed by atoms with Gasteiger partial charge in [-0.2, -0.15) is 0 Å². The number of para-hydroxylation sites is 1. The summed E-state index contributed by atoms with van der Waals surface area (Å²) in [5.74, 6) is 0. The monoisotopic (exact) mass is 293 g/mol. The minimum absolute atomic E-state index is 0.149. The smallest absolute Gasteiger partial charge is 0.0423 e. The lowest BCUT2D eigenvalue weighted by atomic mass is 9.73. The molecule has 0 fully saturated rings. The Hall–Kier alpha value is -1.76. The fourth-order valence-corrected chi connectivity index (χ4v) is 3.29. The summed E-state index contributed by atoms with van der Waals surface area (Å²) >= 11 is 0. The number of hydrogen-bond acceptors (Lipinski definition) is 1. The quantitative estimate of drug-likeness (QED) is 0.541. The van der Waals surface area contributed by atoms with E-state index < -0.39 is 0 Å². The van der Waals surface area contributed by atoms with Crippen molar-refractivity contribution in [3.8, 4) is 0 Å². The Labute approximate surface area is 134 Å². The molecule has 0 radical (unpaired) electrons. The first-order valence-electron chi connectivity index (χ1n) is 8.19. The van der Waals surface area contributed by atoms with Crippen LogP contribution in [0.15, 0.2) is 36.4 Å². The van der Waals surface area contributed by atoms with Crippen molar-refractivity contribution >= 4 is 11.4 Å². The molecule has 0 amide bonds. The van der Waals surface area contributed by atoms with E-state index >= 15 is 0 Å². The highest BCUT2D eigenvalue weighted by Crippen LogP contribution is 2.41. The molecule has 2 aromatic rings. The molecule has 0 spiro atoms. The van der Waals surface area contributed by atoms with Crippen molar-refractivity contribution in [3.63, 3.8) is 0 Å². The van der Waals surface area contributed by atoms with E-state index in [1.807, 2.05) is 0 Å². The molecule has 0 atom stereocenters. The third-order valence-electron chi connectivity index (χ3n) is 4.53. The van der Waals surface area contributed by atoms with Gasteiger partial charge in [0.15, 0.2) is 0 Å². The average molecular weight is 293 g/mol. The maximum atomic E-state index is 3.63. The summed E-state index contributed by atoms with van der Waals surface area (Å²) in [5.41, 5.74) is 8.56. The zero-order chi connectivity index (χ0) is 16.1. The largest absolute Gasteiger partial charge is 0.355 e. The summed E-state index contributed by atoms with van der Waals surface area (Å²) in [7, 11) is 0. The Morgan fingerprint density at radius 3 is 1.95 bits per heavy atom. The van der Waals surface area contributed by atoms with Gasteiger partial charge in [0.1, 0.15) is 0 Å². The summed E-state index contributed by atoms with van der Waals surface area (Å²) in [6.45, 7) is 13.9. The number of benzene rings is 2. The van der Waals surface area contributed by atoms with E-state index in [0.29, 0.717) is 0 Å². The second-order valence-corrected chi connectivity index (χ2v) is 8.51. The van der Waals surface area contributed by atoms with Crippen LogP contribution in [0.1, 0.15) is 63.8 Å². The summed E-state index contributed by atoms with van der Waals surface area (Å²) in [6.07, 6.45) is 1.02. The molecular weight excluding hydrogens is 266 g/mol. The van der Waals surface area contributed by atoms with Crippen molar-refractivity contribution in [1.82, 2.24) is 0 Å². The van der Waals surface area contributed by atoms with Crippen LogP contribution in [-0.2, 0) is 17.3 Å². The van der Waals surface area contributed by atoms with Gasteiger partial charge in [0.2, 0.25) is 0 Å². The van der Waals surface area contributed by atoms with Crippen molar-refractivity contribution < 1.29 is 0 Å². The van der Waals surface area contributed by atoms with Gasteiger partial charge >= 0.3 is 0 Å². The second kappa shape index (κ2) is 4.87. The molecule has 0 bridgehead atoms. The molecule has 22 heavy (non-hydrogen) atoms. The van der Waals surface area contributed by atoms with Crippen molar-refractivity contribution in [2.75, 3.05) is 5.32 Å². The minimum Gasteiger partial charge on any atom is -0.355 e. The number of hydrogen-bond donors (Lipinski definition) is 1. The lowest BCUT2D eigenvalue weighted by Crippen LogP contribution is -2.23. The topological polar surface area (TPSA) is 12.0 Å². The Kier molecular flexibility index (Phi) is 3.36. The summed E-state index contributed by atoms with van der Waals surface area (Å²) < 4.78 is 0. The first-order chi connectivity index (χ1) is 10.2. The van der Waals surface area contributed by atoms with Gasteiger partial charge in [-0.15, -0.1) is 0 Å². The molecule has 116 valence electrons. The predicted octanol–water partition coefficient (Wildman–Crippen LogP) is 5.93. The molecule has 0 aromatic heterocycles. The Balaban J connectivity index is 2.17. The molecule has 1 aliphatic rings. The average Bonchev–Trinajstić information content (AvgIpc) is 2.41. The molecule has 1 heterocycles. The molecule has 0 saturated carbocycles. The van der Waals surface area contributed by atoms with Gasteiger partial charge in [0.25, 0.3) is 0 Å². The Morgan fingerprint density at radius 2 is 1.32 bits per heavy atom. The van der Waals surface area contributed by atoms with E-state index in [-0.39, 0.29) is 10.8 Å². The van der Waals surface area contributed by atoms with E-state index in [1.165, 1.54) is 33.6 Å². The van der Waals surface area contributed by atoms with Gasteiger partial charge in [0.05, 0.1) is 0 Å². The highest BCUT2D eigenvalue weighted by Gasteiger charge is 2.28. The van der Waals surface area contributed by atoms with E-state index in [4.69, 9.17) is 0 Å². The summed E-state index contributed by atoms with van der Waals surface area (Å²) in [5, 5.41) is 3.63. The SMILES string of the molecule is CC(C)(C)c1cc2c(cc1C(C)(C)C)Nc1ccccc1C2. The maximum absolute atomic E-state index is 3.63. The van der Waals surface area contributed by atoms with Crippen LogP contribution in [-0.4, -0.2) is 0 Å². The van der Waals surface area contributed by atoms with Crippen LogP contribution in [0.2, 0.25) is 0 Å². The van der Waals surface area contributed by atoms with Crippen molar-refractivity contribution in [3.05, 3.63) is 58.7 Å². The van der Waals surface area contributed by atoms with E-state index in [9.17, 15) is 0 Å². The first-order valence-corrected chi connectivity index (χ1v) is 8.19. The van der Waals surface area contributed by atoms with E-state index in [0.717, 1.165) is 6.42 Å². The number of rotatable bonds is 0. The van der Waals surface area contributed by atoms with Crippen LogP contribution < -0.4 is 5.32 Å². The second-order valence-electron chi connectivity index (χ2n) is 8.51. The third-order valence-corrected chi connectivity index (χ3v) is 4.53. The summed E-state index contributed by atoms with van der Waals surface area (Å²) in [6, 6.07) is 13.4. The first kappa shape index (κ1) is 15.1. The van der Waals surface area contributed by atoms with Gasteiger partial charge in [-0.05, 0) is 45.2 Å². The van der Waals surface area contributed by atoms with Gasteiger partial charge in [0, 0.05) is 17.8 Å². The molecule has 0 aliphatic carbocycles. The predicted molar refractivity (Wildman–Crippen MR) is 96.4 cm³/mol. The third kappa shape index (κ3) is 2.65. The van der Waals surface area contributed by atoms with Crippen LogP contribution in [0.5, 0.6) is 0 Å². The maximum Gasteiger partial charge on any atom is 0.0423 e. The lowest BCUT2D eigenvalue weighted by molar-refractivity contribution is 0.530. The highest BCUT2D eigenvalue weighted by molar-refractivity contribution is 5.73. The van der Waals surface area contributed by atoms with E-state index in [1.54, 1.807) is 0 Å². The number of nitrogens with one attached hydrogen (secondary N) is 1. The zero-order valence-corrected chi connectivity index (χ0v) is 14.7. The number of fused-ring (bicyclic) bond motifs is 2. The summed E-state index contributed by atoms with van der Waals surface area (Å²) in [4.78, 5) is 0. The van der Waals surface area contributed by atoms with Gasteiger partial charge < -0.3 is 5.32 Å². The normalized spacial score (nSPS) is 14.1.